The molecule has 1 unspecified atom stereocenters. The molecule has 0 aromatic carbocycles. The zero-order chi connectivity index (χ0) is 41.1. The van der Waals surface area contributed by atoms with Gasteiger partial charge in [-0.05, 0) is 87.4 Å². The minimum Gasteiger partial charge on any atom is -0.390 e. The summed E-state index contributed by atoms with van der Waals surface area (Å²) in [6.07, 6.45) is 13.0. The van der Waals surface area contributed by atoms with Crippen LogP contribution in [0, 0.1) is 33.0 Å². The van der Waals surface area contributed by atoms with Gasteiger partial charge in [-0.3, -0.25) is 34.5 Å². The molecule has 13 nitrogen and oxygen atoms in total. The molecule has 56 heavy (non-hydrogen) atoms. The Hall–Kier alpha value is -3.06. The Morgan fingerprint density at radius 1 is 0.964 bits per heavy atom. The van der Waals surface area contributed by atoms with Gasteiger partial charge < -0.3 is 31.3 Å². The predicted molar refractivity (Wildman–Crippen MR) is 220 cm³/mol. The Kier molecular flexibility index (Phi) is 14.0. The first-order valence-corrected chi connectivity index (χ1v) is 21.8. The van der Waals surface area contributed by atoms with Crippen molar-refractivity contribution in [2.45, 2.75) is 175 Å². The minimum atomic E-state index is -0.882. The largest absolute Gasteiger partial charge is 0.390 e. The molecule has 4 aliphatic carbocycles. The Balaban J connectivity index is 0.000000586. The number of morpholine rings is 1. The van der Waals surface area contributed by atoms with Crippen molar-refractivity contribution >= 4 is 35.7 Å². The number of hydrogen-bond acceptors (Lipinski definition) is 8. The highest BCUT2D eigenvalue weighted by Crippen LogP contribution is 2.88. The first-order valence-electron chi connectivity index (χ1n) is 21.8. The van der Waals surface area contributed by atoms with E-state index in [-0.39, 0.29) is 51.6 Å². The lowest BCUT2D eigenvalue weighted by atomic mass is 9.73. The second-order valence-electron chi connectivity index (χ2n) is 19.5. The molecule has 2 heterocycles. The number of carbonyl (C=O) groups excluding carboxylic acids is 4. The maximum atomic E-state index is 14.8. The lowest BCUT2D eigenvalue weighted by Gasteiger charge is -2.37. The number of carbonyl (C=O) groups is 4. The Morgan fingerprint density at radius 3 is 2.09 bits per heavy atom. The van der Waals surface area contributed by atoms with Gasteiger partial charge in [0.25, 0.3) is 5.91 Å². The number of nitrogens with one attached hydrogen (secondary N) is 4. The molecular formula is C43H74N8O5. The van der Waals surface area contributed by atoms with Crippen LogP contribution < -0.4 is 21.7 Å². The van der Waals surface area contributed by atoms with Gasteiger partial charge >= 0.3 is 0 Å². The van der Waals surface area contributed by atoms with Crippen LogP contribution in [0.25, 0.3) is 0 Å². The first kappa shape index (κ1) is 44.1. The second kappa shape index (κ2) is 17.8. The number of fused-ring (bicyclic) bond motifs is 1. The van der Waals surface area contributed by atoms with Gasteiger partial charge in [-0.25, -0.2) is 0 Å². The normalized spacial score (nSPS) is 27.5. The number of hydrogen-bond donors (Lipinski definition) is 5. The summed E-state index contributed by atoms with van der Waals surface area (Å²) in [6.45, 7) is 21.3. The summed E-state index contributed by atoms with van der Waals surface area (Å²) in [5.41, 5.74) is 4.77. The van der Waals surface area contributed by atoms with Gasteiger partial charge in [-0.15, -0.1) is 0 Å². The number of rotatable bonds is 13. The topological polar surface area (TPSA) is 182 Å². The molecule has 0 radical (unpaired) electrons. The van der Waals surface area contributed by atoms with Crippen LogP contribution in [-0.2, 0) is 23.9 Å². The predicted octanol–water partition coefficient (Wildman–Crippen LogP) is 4.56. The monoisotopic (exact) mass is 783 g/mol. The zero-order valence-corrected chi connectivity index (χ0v) is 35.8. The molecule has 4 saturated carbocycles. The van der Waals surface area contributed by atoms with E-state index in [9.17, 15) is 19.2 Å². The van der Waals surface area contributed by atoms with Gasteiger partial charge in [0.15, 0.2) is 0 Å². The van der Waals surface area contributed by atoms with Crippen LogP contribution in [-0.4, -0.2) is 115 Å². The van der Waals surface area contributed by atoms with Crippen LogP contribution in [0.2, 0.25) is 0 Å². The van der Waals surface area contributed by atoms with Crippen molar-refractivity contribution in [2.24, 2.45) is 38.3 Å². The third-order valence-electron chi connectivity index (χ3n) is 14.6. The van der Waals surface area contributed by atoms with E-state index in [2.05, 4.69) is 53.5 Å². The number of nitrogens with two attached hydrogens (primary N) is 1. The van der Waals surface area contributed by atoms with Gasteiger partial charge in [0.05, 0.1) is 25.6 Å². The summed E-state index contributed by atoms with van der Waals surface area (Å²) in [6, 6.07) is -2.25. The fourth-order valence-corrected chi connectivity index (χ4v) is 10.6. The molecule has 6 rings (SSSR count). The molecular weight excluding hydrogens is 709 g/mol. The fourth-order valence-electron chi connectivity index (χ4n) is 10.6. The molecule has 6 aliphatic rings. The van der Waals surface area contributed by atoms with E-state index in [1.807, 2.05) is 27.7 Å². The molecule has 316 valence electrons. The van der Waals surface area contributed by atoms with Gasteiger partial charge in [-0.2, -0.15) is 0 Å². The van der Waals surface area contributed by atoms with Crippen LogP contribution in [0.4, 0.5) is 0 Å². The number of amides is 4. The highest BCUT2D eigenvalue weighted by molar-refractivity contribution is 6.40. The third-order valence-corrected chi connectivity index (χ3v) is 14.6. The van der Waals surface area contributed by atoms with Crippen LogP contribution in [0.3, 0.4) is 0 Å². The van der Waals surface area contributed by atoms with Crippen LogP contribution in [0.15, 0.2) is 4.99 Å². The number of ether oxygens (including phenoxy) is 1. The van der Waals surface area contributed by atoms with Gasteiger partial charge in [0.1, 0.15) is 23.8 Å². The molecule has 6 N–H and O–H groups in total. The van der Waals surface area contributed by atoms with Crippen molar-refractivity contribution < 1.29 is 23.9 Å². The van der Waals surface area contributed by atoms with Crippen LogP contribution in [0.5, 0.6) is 0 Å². The molecule has 6 fully saturated rings. The lowest BCUT2D eigenvalue weighted by molar-refractivity contribution is -0.144. The van der Waals surface area contributed by atoms with E-state index < -0.39 is 35.5 Å². The maximum Gasteiger partial charge on any atom is 0.267 e. The van der Waals surface area contributed by atoms with E-state index in [1.165, 1.54) is 6.34 Å². The van der Waals surface area contributed by atoms with E-state index in [4.69, 9.17) is 15.9 Å². The first-order chi connectivity index (χ1) is 26.4. The van der Waals surface area contributed by atoms with E-state index in [0.29, 0.717) is 31.8 Å². The Bertz CT molecular complexity index is 1450. The quantitative estimate of drug-likeness (QED) is 0.134. The van der Waals surface area contributed by atoms with Crippen LogP contribution >= 0.6 is 0 Å². The smallest absolute Gasteiger partial charge is 0.267 e. The van der Waals surface area contributed by atoms with Crippen molar-refractivity contribution in [3.63, 3.8) is 0 Å². The summed E-state index contributed by atoms with van der Waals surface area (Å²) in [7, 11) is 0. The van der Waals surface area contributed by atoms with Crippen molar-refractivity contribution in [3.8, 4) is 0 Å². The molecule has 2 spiro atoms. The molecule has 2 aliphatic heterocycles. The fraction of sp³-hybridized carbons (Fsp3) is 0.860. The van der Waals surface area contributed by atoms with Gasteiger partial charge in [-0.1, -0.05) is 73.6 Å². The third kappa shape index (κ3) is 8.98. The Morgan fingerprint density at radius 2 is 1.61 bits per heavy atom. The molecule has 2 saturated heterocycles. The zero-order valence-electron chi connectivity index (χ0n) is 35.8. The van der Waals surface area contributed by atoms with E-state index in [0.717, 1.165) is 90.5 Å². The molecule has 0 aromatic rings. The highest BCUT2D eigenvalue weighted by Gasteiger charge is 2.85. The van der Waals surface area contributed by atoms with Gasteiger partial charge in [0.2, 0.25) is 17.7 Å². The van der Waals surface area contributed by atoms with Crippen molar-refractivity contribution in [2.75, 3.05) is 32.8 Å². The van der Waals surface area contributed by atoms with Crippen LogP contribution in [0.1, 0.15) is 139 Å². The molecule has 4 amide bonds. The molecule has 5 atom stereocenters. The van der Waals surface area contributed by atoms with Crippen molar-refractivity contribution in [1.82, 2.24) is 25.8 Å². The van der Waals surface area contributed by atoms with Gasteiger partial charge in [0, 0.05) is 37.1 Å². The number of nitrogens with zero attached hydrogens (tertiary/aromatic N) is 3. The van der Waals surface area contributed by atoms with E-state index >= 15 is 0 Å². The SMILES string of the molecule is CC(C)N1CCOCC1.CCC[C@H](NC(=O)[C@@H]1C[C@@]2(CN1C(=O)[C@@H](NC(=O)C(N=CN)C1CCCCC1)C(C)(C)C)C(C)(C)C21CCC1)C(=N)C(=O)NC1CC1. The average molecular weight is 783 g/mol. The number of aliphatic imine (C=N–C) groups is 1. The average Bonchev–Trinajstić information content (AvgIpc) is 3.97. The second-order valence-corrected chi connectivity index (χ2v) is 19.5. The van der Waals surface area contributed by atoms with Crippen molar-refractivity contribution in [3.05, 3.63) is 0 Å². The Labute approximate surface area is 336 Å². The molecule has 0 bridgehead atoms. The number of likely N-dealkylation sites (tertiary alicyclic amines) is 1. The summed E-state index contributed by atoms with van der Waals surface area (Å²) >= 11 is 0. The van der Waals surface area contributed by atoms with E-state index in [1.54, 1.807) is 4.90 Å². The highest BCUT2D eigenvalue weighted by atomic mass is 16.5. The molecule has 0 aromatic heterocycles. The summed E-state index contributed by atoms with van der Waals surface area (Å²) in [5, 5.41) is 17.6. The molecule has 13 heteroatoms. The standard InChI is InChI=1S/C36H59N7O4.C7H15NO/c1-7-12-24(26(38)30(45)40-23-15-16-23)41-29(44)25-19-36(34(5,6)35(36)17-11-18-35)20-43(25)32(47)28(33(2,3)4)42-31(46)27(39-21-37)22-13-9-8-10-14-22;1-7(2)8-3-5-9-6-4-8/h21-25,27-28,38H,7-20H2,1-6H3,(H2,37,39)(H,40,45)(H,41,44)(H,42,46);7H,3-6H2,1-2H3/t24-,25-,27?,28+,36+;/m0./s1. The summed E-state index contributed by atoms with van der Waals surface area (Å²) in [5.74, 6) is -1.28. The summed E-state index contributed by atoms with van der Waals surface area (Å²) in [4.78, 5) is 64.3. The lowest BCUT2D eigenvalue weighted by Crippen LogP contribution is -2.60. The minimum absolute atomic E-state index is 0.0338. The summed E-state index contributed by atoms with van der Waals surface area (Å²) < 4.78 is 5.21. The van der Waals surface area contributed by atoms with Crippen molar-refractivity contribution in [1.29, 1.82) is 5.41 Å². The maximum absolute atomic E-state index is 14.8.